The molecule has 74 heavy (non-hydrogen) atoms. The molecule has 4 aliphatic heterocycles. The summed E-state index contributed by atoms with van der Waals surface area (Å²) in [7, 11) is 12.5. The fraction of sp³-hybridized carbons (Fsp3) is 0.821. The highest BCUT2D eigenvalue weighted by atomic mass is 16.7. The number of cyclic esters (lactones) is 1. The van der Waals surface area contributed by atoms with E-state index in [1.54, 1.807) is 55.8 Å². The molecule has 5 rings (SSSR count). The quantitative estimate of drug-likeness (QED) is 0.194. The summed E-state index contributed by atoms with van der Waals surface area (Å²) in [6, 6.07) is 9.75. The number of aliphatic hydroxyl groups is 2. The maximum Gasteiger partial charge on any atom is 0.324 e. The summed E-state index contributed by atoms with van der Waals surface area (Å²) in [5.74, 6) is -6.62. The van der Waals surface area contributed by atoms with Crippen molar-refractivity contribution in [3.8, 4) is 11.8 Å². The van der Waals surface area contributed by atoms with Crippen molar-refractivity contribution in [3.05, 3.63) is 29.8 Å². The van der Waals surface area contributed by atoms with Crippen LogP contribution < -0.4 is 4.74 Å². The van der Waals surface area contributed by atoms with Crippen LogP contribution in [0.2, 0.25) is 0 Å². The normalized spacial score (nSPS) is 40.9. The summed E-state index contributed by atoms with van der Waals surface area (Å²) in [6.07, 6.45) is -6.81. The number of hydrogen-bond donors (Lipinski definition) is 2. The Hall–Kier alpha value is -3.32. The van der Waals surface area contributed by atoms with E-state index < -0.39 is 113 Å². The topological polar surface area (TPSA) is 208 Å². The number of esters is 2. The predicted molar refractivity (Wildman–Crippen MR) is 277 cm³/mol. The van der Waals surface area contributed by atoms with E-state index >= 15 is 0 Å². The highest BCUT2D eigenvalue weighted by molar-refractivity contribution is 5.86. The maximum atomic E-state index is 15.0. The number of nitrogens with zero attached hydrogens (tertiary/aromatic N) is 4. The van der Waals surface area contributed by atoms with Gasteiger partial charge in [0.05, 0.1) is 49.1 Å². The van der Waals surface area contributed by atoms with Gasteiger partial charge in [0, 0.05) is 81.1 Å². The van der Waals surface area contributed by atoms with Crippen molar-refractivity contribution in [2.75, 3.05) is 69.2 Å². The number of hydrogen-bond acceptors (Lipinski definition) is 18. The second-order valence-corrected chi connectivity index (χ2v) is 23.5. The van der Waals surface area contributed by atoms with E-state index in [-0.39, 0.29) is 49.3 Å². The number of ketones is 1. The summed E-state index contributed by atoms with van der Waals surface area (Å²) in [4.78, 5) is 49.5. The van der Waals surface area contributed by atoms with Gasteiger partial charge in [0.15, 0.2) is 24.1 Å². The van der Waals surface area contributed by atoms with Crippen molar-refractivity contribution in [1.82, 2.24) is 14.7 Å². The Balaban J connectivity index is 1.54. The Morgan fingerprint density at radius 1 is 0.878 bits per heavy atom. The molecule has 0 bridgehead atoms. The molecule has 1 unspecified atom stereocenters. The van der Waals surface area contributed by atoms with E-state index in [0.29, 0.717) is 19.5 Å². The minimum atomic E-state index is -1.55. The Morgan fingerprint density at radius 2 is 1.53 bits per heavy atom. The first-order valence-electron chi connectivity index (χ1n) is 26.6. The molecule has 2 N–H and O–H groups in total. The van der Waals surface area contributed by atoms with Gasteiger partial charge in [-0.2, -0.15) is 5.26 Å². The first kappa shape index (κ1) is 61.5. The van der Waals surface area contributed by atoms with Gasteiger partial charge < -0.3 is 62.6 Å². The molecule has 420 valence electrons. The van der Waals surface area contributed by atoms with Crippen LogP contribution in [0.25, 0.3) is 0 Å². The number of methoxy groups -OCH3 is 3. The summed E-state index contributed by atoms with van der Waals surface area (Å²) in [6.45, 7) is 23.5. The monoisotopic (exact) mass is 1040 g/mol. The third kappa shape index (κ3) is 12.0. The molecule has 0 saturated carbocycles. The van der Waals surface area contributed by atoms with E-state index in [1.165, 1.54) is 7.11 Å². The van der Waals surface area contributed by atoms with Crippen LogP contribution in [-0.4, -0.2) is 189 Å². The van der Waals surface area contributed by atoms with Crippen molar-refractivity contribution in [2.45, 2.75) is 192 Å². The van der Waals surface area contributed by atoms with E-state index in [4.69, 9.17) is 42.6 Å². The summed E-state index contributed by atoms with van der Waals surface area (Å²) in [5.41, 5.74) is -4.98. The molecule has 18 nitrogen and oxygen atoms in total. The van der Waals surface area contributed by atoms with Gasteiger partial charge in [-0.1, -0.05) is 45.9 Å². The van der Waals surface area contributed by atoms with E-state index in [1.807, 2.05) is 71.9 Å². The number of nitriles is 1. The lowest BCUT2D eigenvalue weighted by molar-refractivity contribution is -0.339. The number of para-hydroxylation sites is 1. The number of aliphatic hydroxyl groups excluding tert-OH is 1. The molecule has 0 amide bonds. The lowest BCUT2D eigenvalue weighted by Crippen LogP contribution is -2.70. The minimum absolute atomic E-state index is 0.0374. The standard InChI is InChI=1S/C56H92N4O14/c1-20-42-55(12)44(38(30-57)50(64)74-55)34(4)45(61)32(2)28-53(10,67-18)48(73-51-46(62)40(58(13)14)27-33(3)69-51)35(5)47(36(6)49(63)71-42)72-43-29-54(11,68-19)56(65,37(7)70-43)31-59(15)25-26-60(16)52(8,9)39-23-21-22-24-41(39)66-17/h21-24,32-38,40,42-44,46-48,51,62,65H,20,25-29,31H2,1-19H3/t32-,33-,34-,35+,36-,37+,38?,40+,42-,43+,44+,46-,47+,48-,51+,53+,54-,55-,56-/m1/s1. The number of ether oxygens (including phenoxy) is 9. The Morgan fingerprint density at radius 3 is 2.11 bits per heavy atom. The number of carbonyl (C=O) groups excluding carboxylic acids is 3. The van der Waals surface area contributed by atoms with Crippen LogP contribution in [0, 0.1) is 46.8 Å². The molecule has 4 aliphatic rings. The van der Waals surface area contributed by atoms with Gasteiger partial charge in [0.25, 0.3) is 0 Å². The molecular formula is C56H92N4O14. The van der Waals surface area contributed by atoms with Crippen LogP contribution in [0.15, 0.2) is 24.3 Å². The minimum Gasteiger partial charge on any atom is -0.496 e. The first-order chi connectivity index (χ1) is 34.4. The van der Waals surface area contributed by atoms with Crippen molar-refractivity contribution in [2.24, 2.45) is 35.5 Å². The average molecular weight is 1050 g/mol. The second-order valence-electron chi connectivity index (χ2n) is 23.5. The SMILES string of the molecule is CC[C@H]1OC(=O)[C@H](C)[C@@H](O[C@H]2C[C@@](C)(OC)[C@@](O)(CN(C)CCN(C)C(C)(C)c3ccccc3OC)[C@H](C)O2)[C@H](C)[C@@H](O[C@@H]2O[C@H](C)C[C@H](N(C)C)[C@H]2O)[C@@](C)(OC)C[C@@H](C)C(=O)[C@H](C)[C@H]2C(C#N)C(=O)O[C@@]21C. The smallest absolute Gasteiger partial charge is 0.324 e. The Bertz CT molecular complexity index is 2120. The van der Waals surface area contributed by atoms with Gasteiger partial charge in [0.1, 0.15) is 34.9 Å². The largest absolute Gasteiger partial charge is 0.496 e. The summed E-state index contributed by atoms with van der Waals surface area (Å²) >= 11 is 0. The number of benzene rings is 1. The van der Waals surface area contributed by atoms with Gasteiger partial charge in [-0.05, 0) is 109 Å². The zero-order valence-electron chi connectivity index (χ0n) is 48.0. The third-order valence-electron chi connectivity index (χ3n) is 18.0. The number of rotatable bonds is 16. The molecule has 1 aromatic carbocycles. The molecule has 0 aliphatic carbocycles. The average Bonchev–Trinajstić information content (AvgIpc) is 3.62. The predicted octanol–water partition coefficient (Wildman–Crippen LogP) is 5.58. The van der Waals surface area contributed by atoms with Gasteiger partial charge in [-0.15, -0.1) is 0 Å². The van der Waals surface area contributed by atoms with Gasteiger partial charge in [0.2, 0.25) is 0 Å². The zero-order chi connectivity index (χ0) is 55.6. The van der Waals surface area contributed by atoms with E-state index in [9.17, 15) is 29.9 Å². The van der Waals surface area contributed by atoms with Crippen LogP contribution in [0.1, 0.15) is 114 Å². The third-order valence-corrected chi connectivity index (χ3v) is 18.0. The second kappa shape index (κ2) is 24.1. The van der Waals surface area contributed by atoms with Crippen molar-refractivity contribution in [3.63, 3.8) is 0 Å². The number of Topliss-reactive ketones (excluding diaryl/α,β-unsaturated/α-hetero) is 1. The molecular weight excluding hydrogens is 953 g/mol. The van der Waals surface area contributed by atoms with Gasteiger partial charge in [-0.3, -0.25) is 19.3 Å². The van der Waals surface area contributed by atoms with Crippen LogP contribution in [0.4, 0.5) is 0 Å². The first-order valence-corrected chi connectivity index (χ1v) is 26.6. The van der Waals surface area contributed by atoms with E-state index in [2.05, 4.69) is 42.8 Å². The number of likely N-dealkylation sites (N-methyl/N-ethyl adjacent to an activating group) is 3. The fourth-order valence-corrected chi connectivity index (χ4v) is 12.7. The fourth-order valence-electron chi connectivity index (χ4n) is 12.7. The van der Waals surface area contributed by atoms with Crippen LogP contribution in [-0.2, 0) is 57.8 Å². The van der Waals surface area contributed by atoms with Crippen molar-refractivity contribution < 1.29 is 67.2 Å². The van der Waals surface area contributed by atoms with Gasteiger partial charge in [-0.25, -0.2) is 0 Å². The molecule has 4 saturated heterocycles. The molecule has 1 aromatic rings. The Kier molecular flexibility index (Phi) is 20.1. The van der Waals surface area contributed by atoms with Crippen molar-refractivity contribution in [1.29, 1.82) is 5.26 Å². The molecule has 4 fully saturated rings. The molecule has 0 spiro atoms. The molecule has 18 heteroatoms. The number of carbonyl (C=O) groups is 3. The zero-order valence-corrected chi connectivity index (χ0v) is 48.0. The lowest BCUT2D eigenvalue weighted by atomic mass is 9.67. The van der Waals surface area contributed by atoms with Crippen LogP contribution in [0.3, 0.4) is 0 Å². The Labute approximate surface area is 441 Å². The number of fused-ring (bicyclic) bond motifs is 1. The highest BCUT2D eigenvalue weighted by Crippen LogP contribution is 2.49. The highest BCUT2D eigenvalue weighted by Gasteiger charge is 2.63. The van der Waals surface area contributed by atoms with Gasteiger partial charge >= 0.3 is 11.9 Å². The lowest BCUT2D eigenvalue weighted by Gasteiger charge is -2.54. The summed E-state index contributed by atoms with van der Waals surface area (Å²) < 4.78 is 58.1. The molecule has 0 aromatic heterocycles. The van der Waals surface area contributed by atoms with E-state index in [0.717, 1.165) is 11.3 Å². The van der Waals surface area contributed by atoms with Crippen LogP contribution >= 0.6 is 0 Å². The van der Waals surface area contributed by atoms with Crippen LogP contribution in [0.5, 0.6) is 5.75 Å². The molecule has 19 atom stereocenters. The summed E-state index contributed by atoms with van der Waals surface area (Å²) in [5, 5.41) is 35.1. The molecule has 0 radical (unpaired) electrons. The maximum absolute atomic E-state index is 15.0. The van der Waals surface area contributed by atoms with Crippen molar-refractivity contribution >= 4 is 17.7 Å². The molecule has 4 heterocycles.